The zero-order valence-corrected chi connectivity index (χ0v) is 14.5. The maximum Gasteiger partial charge on any atom is 0.269 e. The molecule has 1 aromatic carbocycles. The molecule has 8 heteroatoms. The summed E-state index contributed by atoms with van der Waals surface area (Å²) >= 11 is 1.26. The molecule has 0 unspecified atom stereocenters. The van der Waals surface area contributed by atoms with E-state index in [0.717, 1.165) is 5.56 Å². The first kappa shape index (κ1) is 15.7. The number of hydrogen-bond acceptors (Lipinski definition) is 6. The normalized spacial score (nSPS) is 11.6. The van der Waals surface area contributed by atoms with Crippen LogP contribution in [0.5, 0.6) is 0 Å². The van der Waals surface area contributed by atoms with Crippen molar-refractivity contribution in [3.8, 4) is 10.8 Å². The molecule has 0 saturated carbocycles. The second kappa shape index (κ2) is 5.78. The van der Waals surface area contributed by atoms with Gasteiger partial charge < -0.3 is 4.52 Å². The summed E-state index contributed by atoms with van der Waals surface area (Å²) in [5, 5.41) is 5.42. The third kappa shape index (κ3) is 2.87. The molecule has 6 nitrogen and oxygen atoms in total. The Morgan fingerprint density at radius 1 is 1.22 bits per heavy atom. The van der Waals surface area contributed by atoms with Gasteiger partial charge in [0, 0.05) is 7.05 Å². The second-order valence-corrected chi connectivity index (χ2v) is 7.93. The van der Waals surface area contributed by atoms with Gasteiger partial charge in [-0.15, -0.1) is 11.3 Å². The lowest BCUT2D eigenvalue weighted by Gasteiger charge is -2.19. The summed E-state index contributed by atoms with van der Waals surface area (Å²) in [5.74, 6) is 0.678. The summed E-state index contributed by atoms with van der Waals surface area (Å²) in [5.41, 5.74) is 1.59. The molecule has 0 atom stereocenters. The Balaban J connectivity index is 2.06. The minimum Gasteiger partial charge on any atom is -0.333 e. The van der Waals surface area contributed by atoms with E-state index in [4.69, 9.17) is 4.52 Å². The van der Waals surface area contributed by atoms with Crippen LogP contribution in [0.1, 0.15) is 11.4 Å². The van der Waals surface area contributed by atoms with Crippen LogP contribution in [0.3, 0.4) is 0 Å². The summed E-state index contributed by atoms with van der Waals surface area (Å²) in [6, 6.07) is 8.88. The van der Waals surface area contributed by atoms with Gasteiger partial charge >= 0.3 is 0 Å². The first-order valence-electron chi connectivity index (χ1n) is 6.83. The van der Waals surface area contributed by atoms with Gasteiger partial charge in [-0.3, -0.25) is 4.31 Å². The van der Waals surface area contributed by atoms with E-state index in [0.29, 0.717) is 16.4 Å². The molecule has 0 aliphatic carbocycles. The number of hydrogen-bond donors (Lipinski definition) is 0. The van der Waals surface area contributed by atoms with Crippen LogP contribution in [-0.4, -0.2) is 25.6 Å². The van der Waals surface area contributed by atoms with Crippen molar-refractivity contribution in [2.45, 2.75) is 18.7 Å². The molecule has 0 amide bonds. The summed E-state index contributed by atoms with van der Waals surface area (Å²) in [6.45, 7) is 3.61. The van der Waals surface area contributed by atoms with Gasteiger partial charge in [0.2, 0.25) is 0 Å². The van der Waals surface area contributed by atoms with E-state index in [1.54, 1.807) is 24.4 Å². The van der Waals surface area contributed by atoms with Crippen molar-refractivity contribution in [1.82, 2.24) is 10.1 Å². The molecular weight excluding hydrogens is 334 g/mol. The standard InChI is InChI=1S/C15H15N3O3S2/c1-10-5-4-6-12(9-10)18(3)23(19,20)13-7-8-22-14(13)15-16-11(2)17-21-15/h4-9H,1-3H3. The van der Waals surface area contributed by atoms with Crippen LogP contribution >= 0.6 is 11.3 Å². The molecule has 2 heterocycles. The molecule has 3 rings (SSSR count). The zero-order chi connectivity index (χ0) is 16.6. The Bertz CT molecular complexity index is 944. The van der Waals surface area contributed by atoms with Crippen LogP contribution in [-0.2, 0) is 10.0 Å². The number of thiophene rings is 1. The van der Waals surface area contributed by atoms with Crippen molar-refractivity contribution in [2.75, 3.05) is 11.4 Å². The number of aromatic nitrogens is 2. The monoisotopic (exact) mass is 349 g/mol. The van der Waals surface area contributed by atoms with Gasteiger partial charge in [0.1, 0.15) is 9.77 Å². The van der Waals surface area contributed by atoms with Crippen molar-refractivity contribution < 1.29 is 12.9 Å². The third-order valence-electron chi connectivity index (χ3n) is 3.35. The Hall–Kier alpha value is -2.19. The van der Waals surface area contributed by atoms with E-state index in [9.17, 15) is 8.42 Å². The van der Waals surface area contributed by atoms with Gasteiger partial charge in [0.15, 0.2) is 5.82 Å². The van der Waals surface area contributed by atoms with Crippen LogP contribution in [0.2, 0.25) is 0 Å². The number of anilines is 1. The number of nitrogens with zero attached hydrogens (tertiary/aromatic N) is 3. The van der Waals surface area contributed by atoms with Crippen LogP contribution in [0.25, 0.3) is 10.8 Å². The van der Waals surface area contributed by atoms with Crippen LogP contribution in [0, 0.1) is 13.8 Å². The molecule has 2 aromatic heterocycles. The van der Waals surface area contributed by atoms with Gasteiger partial charge in [-0.1, -0.05) is 17.3 Å². The summed E-state index contributed by atoms with van der Waals surface area (Å²) in [6.07, 6.45) is 0. The molecule has 0 fully saturated rings. The average Bonchev–Trinajstić information content (AvgIpc) is 3.15. The van der Waals surface area contributed by atoms with Crippen molar-refractivity contribution in [3.63, 3.8) is 0 Å². The van der Waals surface area contributed by atoms with Gasteiger partial charge in [-0.05, 0) is 43.0 Å². The van der Waals surface area contributed by atoms with Crippen LogP contribution in [0.15, 0.2) is 45.1 Å². The highest BCUT2D eigenvalue weighted by molar-refractivity contribution is 7.93. The quantitative estimate of drug-likeness (QED) is 0.723. The minimum atomic E-state index is -3.72. The molecular formula is C15H15N3O3S2. The highest BCUT2D eigenvalue weighted by Crippen LogP contribution is 2.34. The lowest BCUT2D eigenvalue weighted by Crippen LogP contribution is -2.26. The molecule has 0 aliphatic heterocycles. The third-order valence-corrected chi connectivity index (χ3v) is 6.21. The molecule has 0 N–H and O–H groups in total. The van der Waals surface area contributed by atoms with Gasteiger partial charge in [-0.2, -0.15) is 4.98 Å². The smallest absolute Gasteiger partial charge is 0.269 e. The van der Waals surface area contributed by atoms with Crippen molar-refractivity contribution in [3.05, 3.63) is 47.1 Å². The minimum absolute atomic E-state index is 0.162. The molecule has 3 aromatic rings. The number of rotatable bonds is 4. The number of aryl methyl sites for hydroxylation is 2. The molecule has 0 bridgehead atoms. The van der Waals surface area contributed by atoms with E-state index in [1.165, 1.54) is 22.7 Å². The summed E-state index contributed by atoms with van der Waals surface area (Å²) in [7, 11) is -2.19. The Morgan fingerprint density at radius 2 is 2.00 bits per heavy atom. The number of sulfonamides is 1. The van der Waals surface area contributed by atoms with Crippen molar-refractivity contribution in [2.24, 2.45) is 0 Å². The molecule has 0 saturated heterocycles. The average molecular weight is 349 g/mol. The summed E-state index contributed by atoms with van der Waals surface area (Å²) in [4.78, 5) is 4.73. The lowest BCUT2D eigenvalue weighted by atomic mass is 10.2. The fourth-order valence-electron chi connectivity index (χ4n) is 2.16. The molecule has 0 spiro atoms. The first-order chi connectivity index (χ1) is 10.9. The largest absolute Gasteiger partial charge is 0.333 e. The molecule has 120 valence electrons. The van der Waals surface area contributed by atoms with E-state index >= 15 is 0 Å². The van der Waals surface area contributed by atoms with E-state index in [2.05, 4.69) is 10.1 Å². The van der Waals surface area contributed by atoms with Crippen LogP contribution in [0.4, 0.5) is 5.69 Å². The van der Waals surface area contributed by atoms with Crippen molar-refractivity contribution >= 4 is 27.0 Å². The highest BCUT2D eigenvalue weighted by Gasteiger charge is 2.28. The maximum atomic E-state index is 12.9. The number of benzene rings is 1. The zero-order valence-electron chi connectivity index (χ0n) is 12.8. The SMILES string of the molecule is Cc1cccc(N(C)S(=O)(=O)c2ccsc2-c2nc(C)no2)c1. The Labute approximate surface area is 138 Å². The molecule has 0 radical (unpaired) electrons. The van der Waals surface area contributed by atoms with E-state index in [-0.39, 0.29) is 10.8 Å². The van der Waals surface area contributed by atoms with Gasteiger partial charge in [-0.25, -0.2) is 8.42 Å². The fraction of sp³-hybridized carbons (Fsp3) is 0.200. The lowest BCUT2D eigenvalue weighted by molar-refractivity contribution is 0.425. The van der Waals surface area contributed by atoms with Gasteiger partial charge in [0.05, 0.1) is 5.69 Å². The predicted octanol–water partition coefficient (Wildman–Crippen LogP) is 3.24. The van der Waals surface area contributed by atoms with Gasteiger partial charge in [0.25, 0.3) is 15.9 Å². The maximum absolute atomic E-state index is 12.9. The van der Waals surface area contributed by atoms with E-state index in [1.807, 2.05) is 25.1 Å². The second-order valence-electron chi connectivity index (χ2n) is 5.07. The van der Waals surface area contributed by atoms with Crippen LogP contribution < -0.4 is 4.31 Å². The Kier molecular flexibility index (Phi) is 3.95. The predicted molar refractivity (Wildman–Crippen MR) is 89.1 cm³/mol. The summed E-state index contributed by atoms with van der Waals surface area (Å²) < 4.78 is 32.3. The highest BCUT2D eigenvalue weighted by atomic mass is 32.2. The fourth-order valence-corrected chi connectivity index (χ4v) is 4.66. The Morgan fingerprint density at radius 3 is 2.65 bits per heavy atom. The molecule has 0 aliphatic rings. The van der Waals surface area contributed by atoms with Crippen molar-refractivity contribution in [1.29, 1.82) is 0 Å². The van der Waals surface area contributed by atoms with E-state index < -0.39 is 10.0 Å². The molecule has 23 heavy (non-hydrogen) atoms. The first-order valence-corrected chi connectivity index (χ1v) is 9.15. The topological polar surface area (TPSA) is 76.3 Å².